The number of aliphatic hydroxyl groups is 1. The molecule has 1 unspecified atom stereocenters. The van der Waals surface area contributed by atoms with E-state index < -0.39 is 6.10 Å². The molecule has 0 aliphatic rings. The molecule has 2 rings (SSSR count). The topological polar surface area (TPSA) is 50.7 Å². The van der Waals surface area contributed by atoms with Gasteiger partial charge in [0.25, 0.3) is 0 Å². The number of nitrogens with one attached hydrogen (secondary N) is 1. The van der Waals surface area contributed by atoms with E-state index in [4.69, 9.17) is 9.47 Å². The number of aliphatic hydroxyl groups excluding tert-OH is 1. The van der Waals surface area contributed by atoms with E-state index >= 15 is 0 Å². The molecule has 2 aromatic carbocycles. The van der Waals surface area contributed by atoms with Gasteiger partial charge in [0.05, 0.1) is 23.8 Å². The molecule has 5 heteroatoms. The second-order valence-electron chi connectivity index (χ2n) is 5.74. The Morgan fingerprint density at radius 1 is 1.12 bits per heavy atom. The van der Waals surface area contributed by atoms with Crippen LogP contribution in [0.4, 0.5) is 0 Å². The molecule has 0 amide bonds. The van der Waals surface area contributed by atoms with E-state index in [1.54, 1.807) is 0 Å². The Balaban J connectivity index is 1.99. The van der Waals surface area contributed by atoms with Gasteiger partial charge in [-0.1, -0.05) is 37.3 Å². The highest BCUT2D eigenvalue weighted by Crippen LogP contribution is 2.37. The van der Waals surface area contributed by atoms with Crippen LogP contribution >= 0.6 is 15.9 Å². The smallest absolute Gasteiger partial charge is 0.175 e. The molecule has 0 aromatic heterocycles. The molecule has 25 heavy (non-hydrogen) atoms. The van der Waals surface area contributed by atoms with E-state index in [0.29, 0.717) is 26.3 Å². The Labute approximate surface area is 158 Å². The van der Waals surface area contributed by atoms with Gasteiger partial charge in [-0.15, -0.1) is 0 Å². The third-order valence-corrected chi connectivity index (χ3v) is 4.26. The molecule has 136 valence electrons. The molecule has 0 saturated carbocycles. The maximum absolute atomic E-state index is 10.2. The van der Waals surface area contributed by atoms with Crippen LogP contribution in [0.1, 0.15) is 37.5 Å². The van der Waals surface area contributed by atoms with Crippen molar-refractivity contribution >= 4 is 15.9 Å². The Bertz CT molecular complexity index is 649. The summed E-state index contributed by atoms with van der Waals surface area (Å²) in [5.74, 6) is 1.49. The minimum Gasteiger partial charge on any atom is -0.490 e. The monoisotopic (exact) mass is 407 g/mol. The first-order valence-corrected chi connectivity index (χ1v) is 9.46. The van der Waals surface area contributed by atoms with Gasteiger partial charge in [-0.25, -0.2) is 0 Å². The zero-order chi connectivity index (χ0) is 18.1. The first-order chi connectivity index (χ1) is 12.2. The van der Waals surface area contributed by atoms with Gasteiger partial charge in [-0.2, -0.15) is 0 Å². The van der Waals surface area contributed by atoms with Crippen LogP contribution in [0.25, 0.3) is 0 Å². The minimum atomic E-state index is -0.525. The third-order valence-electron chi connectivity index (χ3n) is 3.67. The molecule has 4 nitrogen and oxygen atoms in total. The fourth-order valence-electron chi connectivity index (χ4n) is 2.48. The van der Waals surface area contributed by atoms with Crippen molar-refractivity contribution < 1.29 is 14.6 Å². The lowest BCUT2D eigenvalue weighted by Crippen LogP contribution is -2.21. The van der Waals surface area contributed by atoms with Gasteiger partial charge in [0.1, 0.15) is 0 Å². The fraction of sp³-hybridized carbons (Fsp3) is 0.400. The summed E-state index contributed by atoms with van der Waals surface area (Å²) in [4.78, 5) is 0. The average Bonchev–Trinajstić information content (AvgIpc) is 2.62. The highest BCUT2D eigenvalue weighted by molar-refractivity contribution is 9.10. The van der Waals surface area contributed by atoms with E-state index in [1.165, 1.54) is 0 Å². The molecule has 0 fully saturated rings. The van der Waals surface area contributed by atoms with E-state index in [1.807, 2.05) is 49.4 Å². The van der Waals surface area contributed by atoms with Gasteiger partial charge in [0.2, 0.25) is 0 Å². The van der Waals surface area contributed by atoms with Crippen LogP contribution < -0.4 is 14.8 Å². The van der Waals surface area contributed by atoms with Crippen molar-refractivity contribution in [3.8, 4) is 11.5 Å². The summed E-state index contributed by atoms with van der Waals surface area (Å²) in [6.45, 7) is 6.39. The maximum atomic E-state index is 10.2. The number of benzene rings is 2. The summed E-state index contributed by atoms with van der Waals surface area (Å²) in [6.07, 6.45) is 0.418. The van der Waals surface area contributed by atoms with Crippen molar-refractivity contribution in [3.63, 3.8) is 0 Å². The Morgan fingerprint density at radius 3 is 2.56 bits per heavy atom. The van der Waals surface area contributed by atoms with Crippen molar-refractivity contribution in [2.24, 2.45) is 0 Å². The summed E-state index contributed by atoms with van der Waals surface area (Å²) < 4.78 is 12.4. The second kappa shape index (κ2) is 10.4. The Kier molecular flexibility index (Phi) is 8.25. The summed E-state index contributed by atoms with van der Waals surface area (Å²) in [7, 11) is 0. The van der Waals surface area contributed by atoms with Gasteiger partial charge in [-0.3, -0.25) is 0 Å². The molecule has 0 spiro atoms. The molecule has 0 aliphatic carbocycles. The summed E-state index contributed by atoms with van der Waals surface area (Å²) in [5, 5.41) is 13.5. The minimum absolute atomic E-state index is 0.486. The highest BCUT2D eigenvalue weighted by Gasteiger charge is 2.13. The zero-order valence-corrected chi connectivity index (χ0v) is 16.4. The summed E-state index contributed by atoms with van der Waals surface area (Å²) >= 11 is 3.57. The van der Waals surface area contributed by atoms with Gasteiger partial charge in [0.15, 0.2) is 11.5 Å². The molecule has 0 saturated heterocycles. The maximum Gasteiger partial charge on any atom is 0.175 e. The van der Waals surface area contributed by atoms with Crippen LogP contribution in [0, 0.1) is 0 Å². The van der Waals surface area contributed by atoms with E-state index in [0.717, 1.165) is 33.5 Å². The van der Waals surface area contributed by atoms with Crippen LogP contribution in [0.5, 0.6) is 11.5 Å². The number of halogens is 1. The molecule has 0 radical (unpaired) electrons. The van der Waals surface area contributed by atoms with Gasteiger partial charge < -0.3 is 19.9 Å². The molecule has 0 bridgehead atoms. The first kappa shape index (κ1) is 19.8. The number of hydrogen-bond donors (Lipinski definition) is 2. The molecule has 0 aliphatic heterocycles. The Morgan fingerprint density at radius 2 is 1.88 bits per heavy atom. The van der Waals surface area contributed by atoms with Crippen molar-refractivity contribution in [3.05, 3.63) is 58.1 Å². The van der Waals surface area contributed by atoms with E-state index in [2.05, 4.69) is 28.2 Å². The second-order valence-corrected chi connectivity index (χ2v) is 6.60. The van der Waals surface area contributed by atoms with Gasteiger partial charge in [-0.05, 0) is 52.5 Å². The normalized spacial score (nSPS) is 12.0. The molecule has 2 N–H and O–H groups in total. The molecular weight excluding hydrogens is 382 g/mol. The molecule has 0 heterocycles. The molecule has 1 atom stereocenters. The first-order valence-electron chi connectivity index (χ1n) is 8.67. The lowest BCUT2D eigenvalue weighted by molar-refractivity contribution is 0.174. The van der Waals surface area contributed by atoms with Crippen LogP contribution in [-0.4, -0.2) is 24.9 Å². The average molecular weight is 408 g/mol. The van der Waals surface area contributed by atoms with Gasteiger partial charge in [0, 0.05) is 13.1 Å². The predicted molar refractivity (Wildman–Crippen MR) is 104 cm³/mol. The molecule has 2 aromatic rings. The number of rotatable bonds is 10. The number of ether oxygens (including phenoxy) is 2. The predicted octanol–water partition coefficient (Wildman–Crippen LogP) is 4.46. The van der Waals surface area contributed by atoms with Gasteiger partial charge >= 0.3 is 0 Å². The lowest BCUT2D eigenvalue weighted by Gasteiger charge is -2.16. The number of hydrogen-bond acceptors (Lipinski definition) is 4. The Hall–Kier alpha value is -1.56. The van der Waals surface area contributed by atoms with Crippen LogP contribution in [0.15, 0.2) is 46.9 Å². The lowest BCUT2D eigenvalue weighted by atomic mass is 10.1. The van der Waals surface area contributed by atoms with E-state index in [-0.39, 0.29) is 0 Å². The third kappa shape index (κ3) is 6.03. The van der Waals surface area contributed by atoms with Crippen molar-refractivity contribution in [2.45, 2.75) is 32.9 Å². The summed E-state index contributed by atoms with van der Waals surface area (Å²) in [6, 6.07) is 13.7. The van der Waals surface area contributed by atoms with Crippen LogP contribution in [-0.2, 0) is 6.54 Å². The SMILES string of the molecule is CCCOc1c(Br)cc(CNCC(O)c2ccccc2)cc1OCC. The summed E-state index contributed by atoms with van der Waals surface area (Å²) in [5.41, 5.74) is 1.98. The van der Waals surface area contributed by atoms with Crippen LogP contribution in [0.2, 0.25) is 0 Å². The zero-order valence-electron chi connectivity index (χ0n) is 14.8. The molecular formula is C20H26BrNO3. The van der Waals surface area contributed by atoms with Crippen molar-refractivity contribution in [1.82, 2.24) is 5.32 Å². The van der Waals surface area contributed by atoms with Crippen molar-refractivity contribution in [2.75, 3.05) is 19.8 Å². The largest absolute Gasteiger partial charge is 0.490 e. The fourth-order valence-corrected chi connectivity index (χ4v) is 3.08. The quantitative estimate of drug-likeness (QED) is 0.610. The standard InChI is InChI=1S/C20H26BrNO3/c1-3-10-25-20-17(21)11-15(12-19(20)24-4-2)13-22-14-18(23)16-8-6-5-7-9-16/h5-9,11-12,18,22-23H,3-4,10,13-14H2,1-2H3. The highest BCUT2D eigenvalue weighted by atomic mass is 79.9. The van der Waals surface area contributed by atoms with E-state index in [9.17, 15) is 5.11 Å². The van der Waals surface area contributed by atoms with Crippen LogP contribution in [0.3, 0.4) is 0 Å². The van der Waals surface area contributed by atoms with Crippen molar-refractivity contribution in [1.29, 1.82) is 0 Å².